The van der Waals surface area contributed by atoms with Crippen LogP contribution < -0.4 is 10.6 Å². The lowest BCUT2D eigenvalue weighted by Crippen LogP contribution is -2.41. The van der Waals surface area contributed by atoms with Gasteiger partial charge >= 0.3 is 12.1 Å². The van der Waals surface area contributed by atoms with Gasteiger partial charge in [-0.1, -0.05) is 61.9 Å². The Kier molecular flexibility index (Phi) is 7.50. The summed E-state index contributed by atoms with van der Waals surface area (Å²) >= 11 is 0. The summed E-state index contributed by atoms with van der Waals surface area (Å²) in [7, 11) is 0. The smallest absolute Gasteiger partial charge is 0.407 e. The normalized spacial score (nSPS) is 19.7. The van der Waals surface area contributed by atoms with Crippen molar-refractivity contribution in [3.05, 3.63) is 59.7 Å². The Bertz CT molecular complexity index is 1010. The van der Waals surface area contributed by atoms with Crippen LogP contribution in [0.2, 0.25) is 0 Å². The average molecular weight is 465 g/mol. The van der Waals surface area contributed by atoms with Crippen LogP contribution in [-0.2, 0) is 14.3 Å². The highest BCUT2D eigenvalue weighted by Crippen LogP contribution is 2.44. The molecule has 0 aromatic heterocycles. The highest BCUT2D eigenvalue weighted by Gasteiger charge is 2.31. The molecule has 7 heteroatoms. The van der Waals surface area contributed by atoms with E-state index in [2.05, 4.69) is 34.9 Å². The van der Waals surface area contributed by atoms with Crippen molar-refractivity contribution in [1.82, 2.24) is 10.6 Å². The fourth-order valence-electron chi connectivity index (χ4n) is 5.19. The molecule has 0 aliphatic heterocycles. The van der Waals surface area contributed by atoms with Crippen LogP contribution in [0.5, 0.6) is 0 Å². The SMILES string of the molecule is CC(CCNC(=O)OCC1c2ccccc2-c2ccccc21)C(=O)N[C@@H]1CCC[C@H]1CC(=O)O. The van der Waals surface area contributed by atoms with Gasteiger partial charge in [0.25, 0.3) is 0 Å². The summed E-state index contributed by atoms with van der Waals surface area (Å²) in [4.78, 5) is 35.9. The van der Waals surface area contributed by atoms with E-state index in [0.717, 1.165) is 30.4 Å². The molecule has 1 saturated carbocycles. The highest BCUT2D eigenvalue weighted by molar-refractivity contribution is 5.80. The van der Waals surface area contributed by atoms with Crippen molar-refractivity contribution in [3.63, 3.8) is 0 Å². The number of alkyl carbamates (subject to hydrolysis) is 1. The van der Waals surface area contributed by atoms with E-state index in [1.165, 1.54) is 11.1 Å². The molecule has 34 heavy (non-hydrogen) atoms. The monoisotopic (exact) mass is 464 g/mol. The molecule has 0 spiro atoms. The Hall–Kier alpha value is -3.35. The number of carboxylic acids is 1. The van der Waals surface area contributed by atoms with Crippen molar-refractivity contribution in [1.29, 1.82) is 0 Å². The zero-order valence-electron chi connectivity index (χ0n) is 19.5. The first kappa shape index (κ1) is 23.8. The molecule has 180 valence electrons. The minimum absolute atomic E-state index is 0.00685. The molecule has 0 heterocycles. The van der Waals surface area contributed by atoms with E-state index >= 15 is 0 Å². The van der Waals surface area contributed by atoms with Crippen molar-refractivity contribution in [2.45, 2.75) is 51.0 Å². The third-order valence-corrected chi connectivity index (χ3v) is 7.06. The lowest BCUT2D eigenvalue weighted by atomic mass is 9.98. The molecule has 0 radical (unpaired) electrons. The van der Waals surface area contributed by atoms with Crippen molar-refractivity contribution < 1.29 is 24.2 Å². The van der Waals surface area contributed by atoms with Gasteiger partial charge in [0.2, 0.25) is 5.91 Å². The van der Waals surface area contributed by atoms with Crippen molar-refractivity contribution in [3.8, 4) is 11.1 Å². The first-order chi connectivity index (χ1) is 16.4. The molecule has 2 aliphatic rings. The van der Waals surface area contributed by atoms with Crippen LogP contribution in [0.15, 0.2) is 48.5 Å². The first-order valence-corrected chi connectivity index (χ1v) is 12.0. The molecular weight excluding hydrogens is 432 g/mol. The predicted molar refractivity (Wildman–Crippen MR) is 128 cm³/mol. The number of fused-ring (bicyclic) bond motifs is 3. The van der Waals surface area contributed by atoms with Gasteiger partial charge in [-0.05, 0) is 47.4 Å². The van der Waals surface area contributed by atoms with Crippen molar-refractivity contribution >= 4 is 18.0 Å². The molecule has 4 rings (SSSR count). The fourth-order valence-corrected chi connectivity index (χ4v) is 5.19. The summed E-state index contributed by atoms with van der Waals surface area (Å²) in [5.74, 6) is -1.22. The summed E-state index contributed by atoms with van der Waals surface area (Å²) in [6.07, 6.45) is 2.64. The molecule has 0 bridgehead atoms. The van der Waals surface area contributed by atoms with Crippen LogP contribution in [0.1, 0.15) is 56.1 Å². The van der Waals surface area contributed by atoms with E-state index in [-0.39, 0.29) is 42.7 Å². The van der Waals surface area contributed by atoms with Gasteiger partial charge in [-0.25, -0.2) is 4.79 Å². The second kappa shape index (κ2) is 10.7. The lowest BCUT2D eigenvalue weighted by Gasteiger charge is -2.22. The van der Waals surface area contributed by atoms with Gasteiger partial charge < -0.3 is 20.5 Å². The number of aliphatic carboxylic acids is 1. The Balaban J connectivity index is 1.21. The summed E-state index contributed by atoms with van der Waals surface area (Å²) < 4.78 is 5.53. The fraction of sp³-hybridized carbons (Fsp3) is 0.444. The maximum Gasteiger partial charge on any atom is 0.407 e. The van der Waals surface area contributed by atoms with E-state index in [9.17, 15) is 14.4 Å². The average Bonchev–Trinajstić information content (AvgIpc) is 3.39. The number of carbonyl (C=O) groups is 3. The number of carboxylic acid groups (broad SMARTS) is 1. The summed E-state index contributed by atoms with van der Waals surface area (Å²) in [5, 5.41) is 14.8. The van der Waals surface area contributed by atoms with Gasteiger partial charge in [0, 0.05) is 24.4 Å². The molecule has 1 fully saturated rings. The summed E-state index contributed by atoms with van der Waals surface area (Å²) in [5.41, 5.74) is 4.68. The van der Waals surface area contributed by atoms with Crippen LogP contribution in [0.25, 0.3) is 11.1 Å². The van der Waals surface area contributed by atoms with Crippen molar-refractivity contribution in [2.75, 3.05) is 13.2 Å². The van der Waals surface area contributed by atoms with Gasteiger partial charge in [0.1, 0.15) is 6.61 Å². The minimum Gasteiger partial charge on any atom is -0.481 e. The van der Waals surface area contributed by atoms with Crippen LogP contribution in [0, 0.1) is 11.8 Å². The summed E-state index contributed by atoms with van der Waals surface area (Å²) in [6, 6.07) is 16.3. The Morgan fingerprint density at radius 3 is 2.32 bits per heavy atom. The lowest BCUT2D eigenvalue weighted by molar-refractivity contribution is -0.138. The van der Waals surface area contributed by atoms with E-state index < -0.39 is 12.1 Å². The van der Waals surface area contributed by atoms with Crippen molar-refractivity contribution in [2.24, 2.45) is 11.8 Å². The Labute approximate surface area is 199 Å². The molecule has 3 atom stereocenters. The Morgan fingerprint density at radius 1 is 1.03 bits per heavy atom. The molecular formula is C27H32N2O5. The number of hydrogen-bond acceptors (Lipinski definition) is 4. The van der Waals surface area contributed by atoms with E-state index in [1.54, 1.807) is 0 Å². The number of ether oxygens (including phenoxy) is 1. The van der Waals surface area contributed by atoms with Crippen LogP contribution in [-0.4, -0.2) is 42.3 Å². The quantitative estimate of drug-likeness (QED) is 0.513. The van der Waals surface area contributed by atoms with Gasteiger partial charge in [-0.3, -0.25) is 9.59 Å². The number of benzene rings is 2. The molecule has 2 aromatic carbocycles. The number of carbonyl (C=O) groups excluding carboxylic acids is 2. The largest absolute Gasteiger partial charge is 0.481 e. The topological polar surface area (TPSA) is 105 Å². The maximum atomic E-state index is 12.5. The standard InChI is InChI=1S/C27H32N2O5/c1-17(26(32)29-24-12-6-7-18(24)15-25(30)31)13-14-28-27(33)34-16-23-21-10-4-2-8-19(21)20-9-3-5-11-22(20)23/h2-5,8-11,17-18,23-24H,6-7,12-16H2,1H3,(H,28,33)(H,29,32)(H,30,31)/t17?,18-,24+/m0/s1. The molecule has 7 nitrogen and oxygen atoms in total. The third kappa shape index (κ3) is 5.41. The van der Waals surface area contributed by atoms with Crippen LogP contribution >= 0.6 is 0 Å². The number of hydrogen-bond donors (Lipinski definition) is 3. The Morgan fingerprint density at radius 2 is 1.68 bits per heavy atom. The van der Waals surface area contributed by atoms with Gasteiger partial charge in [-0.2, -0.15) is 0 Å². The zero-order chi connectivity index (χ0) is 24.1. The molecule has 3 N–H and O–H groups in total. The second-order valence-electron chi connectivity index (χ2n) is 9.35. The van der Waals surface area contributed by atoms with E-state index in [4.69, 9.17) is 9.84 Å². The molecule has 2 amide bonds. The molecule has 1 unspecified atom stereocenters. The van der Waals surface area contributed by atoms with Gasteiger partial charge in [-0.15, -0.1) is 0 Å². The minimum atomic E-state index is -0.827. The molecule has 2 aliphatic carbocycles. The van der Waals surface area contributed by atoms with Gasteiger partial charge in [0.15, 0.2) is 0 Å². The highest BCUT2D eigenvalue weighted by atomic mass is 16.5. The first-order valence-electron chi connectivity index (χ1n) is 12.0. The number of nitrogens with one attached hydrogen (secondary N) is 2. The number of rotatable bonds is 9. The molecule has 2 aromatic rings. The zero-order valence-corrected chi connectivity index (χ0v) is 19.5. The predicted octanol–water partition coefficient (Wildman–Crippen LogP) is 4.31. The second-order valence-corrected chi connectivity index (χ2v) is 9.35. The van der Waals surface area contributed by atoms with Gasteiger partial charge in [0.05, 0.1) is 6.42 Å². The third-order valence-electron chi connectivity index (χ3n) is 7.06. The molecule has 0 saturated heterocycles. The van der Waals surface area contributed by atoms with Crippen LogP contribution in [0.4, 0.5) is 4.79 Å². The van der Waals surface area contributed by atoms with E-state index in [0.29, 0.717) is 13.0 Å². The number of amides is 2. The van der Waals surface area contributed by atoms with E-state index in [1.807, 2.05) is 31.2 Å². The maximum absolute atomic E-state index is 12.5. The van der Waals surface area contributed by atoms with Crippen LogP contribution in [0.3, 0.4) is 0 Å². The summed E-state index contributed by atoms with van der Waals surface area (Å²) in [6.45, 7) is 2.40.